The topological polar surface area (TPSA) is 66.2 Å². The van der Waals surface area contributed by atoms with E-state index in [1.807, 2.05) is 6.92 Å². The molecule has 2 heterocycles. The van der Waals surface area contributed by atoms with Crippen LogP contribution in [-0.4, -0.2) is 58.5 Å². The second-order valence-corrected chi connectivity index (χ2v) is 13.3. The summed E-state index contributed by atoms with van der Waals surface area (Å²) in [7, 11) is -0.584. The summed E-state index contributed by atoms with van der Waals surface area (Å²) in [6.45, 7) is 3.16. The molecule has 3 rings (SSSR count). The van der Waals surface area contributed by atoms with E-state index in [4.69, 9.17) is 14.5 Å². The van der Waals surface area contributed by atoms with E-state index in [2.05, 4.69) is 23.9 Å². The molecule has 0 saturated heterocycles. The maximum atomic E-state index is 12.4. The van der Waals surface area contributed by atoms with Crippen LogP contribution in [0.3, 0.4) is 0 Å². The molecule has 0 radical (unpaired) electrons. The maximum Gasteiger partial charge on any atom is 0.342 e. The van der Waals surface area contributed by atoms with Gasteiger partial charge in [-0.15, -0.1) is 11.3 Å². The molecule has 150 valence electrons. The highest BCUT2D eigenvalue weighted by atomic mass is 32.3. The molecule has 0 fully saturated rings. The van der Waals surface area contributed by atoms with E-state index in [0.717, 1.165) is 29.3 Å². The Morgan fingerprint density at radius 1 is 1.30 bits per heavy atom. The van der Waals surface area contributed by atoms with Gasteiger partial charge < -0.3 is 9.47 Å². The molecule has 27 heavy (non-hydrogen) atoms. The van der Waals surface area contributed by atoms with Gasteiger partial charge in [-0.1, -0.05) is 0 Å². The van der Waals surface area contributed by atoms with Crippen LogP contribution in [-0.2, 0) is 29.0 Å². The summed E-state index contributed by atoms with van der Waals surface area (Å²) in [6.07, 6.45) is 13.0. The minimum atomic E-state index is -0.584. The molecule has 0 unspecified atom stereocenters. The van der Waals surface area contributed by atoms with Crippen LogP contribution in [0, 0.1) is 0 Å². The molecular weight excluding hydrogens is 382 g/mol. The quantitative estimate of drug-likeness (QED) is 0.489. The van der Waals surface area contributed by atoms with Crippen molar-refractivity contribution in [2.45, 2.75) is 39.3 Å². The number of rotatable bonds is 8. The molecule has 0 bridgehead atoms. The van der Waals surface area contributed by atoms with Gasteiger partial charge >= 0.3 is 5.97 Å². The molecule has 2 aromatic rings. The van der Waals surface area contributed by atoms with Crippen molar-refractivity contribution in [2.75, 3.05) is 37.7 Å². The zero-order valence-electron chi connectivity index (χ0n) is 16.6. The highest BCUT2D eigenvalue weighted by Gasteiger charge is 2.24. The van der Waals surface area contributed by atoms with E-state index in [0.29, 0.717) is 31.2 Å². The lowest BCUT2D eigenvalue weighted by molar-refractivity contribution is 0.0525. The Hall–Kier alpha value is -1.38. The third kappa shape index (κ3) is 5.33. The largest absolute Gasteiger partial charge is 0.462 e. The van der Waals surface area contributed by atoms with E-state index in [9.17, 15) is 4.79 Å². The molecule has 0 saturated carbocycles. The Morgan fingerprint density at radius 2 is 2.07 bits per heavy atom. The molecule has 0 aromatic carbocycles. The zero-order valence-corrected chi connectivity index (χ0v) is 18.3. The van der Waals surface area contributed by atoms with Crippen LogP contribution in [0.5, 0.6) is 0 Å². The van der Waals surface area contributed by atoms with Gasteiger partial charge in [0.25, 0.3) is 0 Å². The van der Waals surface area contributed by atoms with Crippen molar-refractivity contribution in [3.05, 3.63) is 22.3 Å². The lowest BCUT2D eigenvalue weighted by Crippen LogP contribution is -2.10. The number of nitrogens with zero attached hydrogens (tertiary/aromatic N) is 3. The highest BCUT2D eigenvalue weighted by molar-refractivity contribution is 8.32. The normalized spacial score (nSPS) is 14.8. The minimum absolute atomic E-state index is 0.326. The summed E-state index contributed by atoms with van der Waals surface area (Å²) in [5.41, 5.74) is 2.24. The van der Waals surface area contributed by atoms with Crippen molar-refractivity contribution in [2.24, 2.45) is 0 Å². The first-order valence-electron chi connectivity index (χ1n) is 9.34. The van der Waals surface area contributed by atoms with Crippen molar-refractivity contribution >= 4 is 27.3 Å². The third-order valence-electron chi connectivity index (χ3n) is 4.37. The van der Waals surface area contributed by atoms with Crippen LogP contribution in [0.1, 0.15) is 40.7 Å². The Morgan fingerprint density at radius 3 is 2.78 bits per heavy atom. The molecule has 0 amide bonds. The van der Waals surface area contributed by atoms with Gasteiger partial charge in [0.2, 0.25) is 0 Å². The van der Waals surface area contributed by atoms with E-state index >= 15 is 0 Å². The number of carbonyl (C=O) groups is 1. The summed E-state index contributed by atoms with van der Waals surface area (Å²) < 4.78 is 12.7. The lowest BCUT2D eigenvalue weighted by atomic mass is 10.0. The molecule has 6 nitrogen and oxygen atoms in total. The fourth-order valence-electron chi connectivity index (χ4n) is 2.92. The number of thiazole rings is 1. The fraction of sp³-hybridized carbons (Fsp3) is 0.632. The summed E-state index contributed by atoms with van der Waals surface area (Å²) in [5.74, 6) is 0.691. The van der Waals surface area contributed by atoms with Gasteiger partial charge in [-0.25, -0.2) is 24.5 Å². The first kappa shape index (κ1) is 20.4. The van der Waals surface area contributed by atoms with E-state index in [-0.39, 0.29) is 5.97 Å². The van der Waals surface area contributed by atoms with Crippen molar-refractivity contribution < 1.29 is 14.3 Å². The van der Waals surface area contributed by atoms with Gasteiger partial charge in [-0.05, 0) is 51.4 Å². The van der Waals surface area contributed by atoms with Gasteiger partial charge in [-0.3, -0.25) is 0 Å². The highest BCUT2D eigenvalue weighted by Crippen LogP contribution is 2.34. The van der Waals surface area contributed by atoms with E-state index in [1.165, 1.54) is 17.7 Å². The summed E-state index contributed by atoms with van der Waals surface area (Å²) in [6, 6.07) is 0. The van der Waals surface area contributed by atoms with Crippen LogP contribution in [0.4, 0.5) is 0 Å². The van der Waals surface area contributed by atoms with Crippen LogP contribution in [0.2, 0.25) is 0 Å². The standard InChI is InChI=1S/C19H29N3O3S2/c1-5-25-19(23)14-12-22(13-24-10-11-27(2,3)4)21-17(14)18-20-15-8-6-7-9-16(15)26-18/h12H,5-11,13H2,1-4H3. The molecule has 1 aliphatic rings. The number of carbonyl (C=O) groups excluding carboxylic acids is 1. The van der Waals surface area contributed by atoms with Crippen LogP contribution >= 0.6 is 21.4 Å². The Kier molecular flexibility index (Phi) is 6.60. The van der Waals surface area contributed by atoms with Gasteiger partial charge in [0.05, 0.1) is 18.9 Å². The molecule has 0 N–H and O–H groups in total. The predicted molar refractivity (Wildman–Crippen MR) is 112 cm³/mol. The number of fused-ring (bicyclic) bond motifs is 1. The van der Waals surface area contributed by atoms with Crippen molar-refractivity contribution in [3.63, 3.8) is 0 Å². The molecule has 8 heteroatoms. The zero-order chi connectivity index (χ0) is 19.4. The lowest BCUT2D eigenvalue weighted by Gasteiger charge is -2.24. The SMILES string of the molecule is CCOC(=O)c1cn(COCCS(C)(C)C)nc1-c1nc2c(s1)CCCC2. The third-order valence-corrected chi connectivity index (χ3v) is 6.92. The number of hydrogen-bond donors (Lipinski definition) is 0. The summed E-state index contributed by atoms with van der Waals surface area (Å²) in [4.78, 5) is 18.5. The first-order valence-corrected chi connectivity index (χ1v) is 13.2. The Bertz CT molecular complexity index is 769. The number of hydrogen-bond acceptors (Lipinski definition) is 6. The molecule has 0 atom stereocenters. The van der Waals surface area contributed by atoms with Gasteiger partial charge in [0.1, 0.15) is 23.0 Å². The first-order chi connectivity index (χ1) is 12.9. The summed E-state index contributed by atoms with van der Waals surface area (Å²) >= 11 is 1.65. The fourth-order valence-corrected chi connectivity index (χ4v) is 4.69. The average molecular weight is 412 g/mol. The molecule has 0 aliphatic heterocycles. The number of esters is 1. The average Bonchev–Trinajstić information content (AvgIpc) is 3.22. The van der Waals surface area contributed by atoms with Crippen LogP contribution < -0.4 is 0 Å². The second-order valence-electron chi connectivity index (χ2n) is 7.58. The molecule has 1 aliphatic carbocycles. The number of ether oxygens (including phenoxy) is 2. The monoisotopic (exact) mass is 411 g/mol. The van der Waals surface area contributed by atoms with Crippen molar-refractivity contribution in [1.29, 1.82) is 0 Å². The number of aromatic nitrogens is 3. The maximum absolute atomic E-state index is 12.4. The van der Waals surface area contributed by atoms with Crippen LogP contribution in [0.25, 0.3) is 10.7 Å². The van der Waals surface area contributed by atoms with Gasteiger partial charge in [0.15, 0.2) is 0 Å². The van der Waals surface area contributed by atoms with Gasteiger partial charge in [-0.2, -0.15) is 5.10 Å². The molecule has 2 aromatic heterocycles. The minimum Gasteiger partial charge on any atom is -0.462 e. The van der Waals surface area contributed by atoms with E-state index in [1.54, 1.807) is 22.2 Å². The van der Waals surface area contributed by atoms with Crippen molar-refractivity contribution in [3.8, 4) is 10.7 Å². The Labute approximate surface area is 166 Å². The predicted octanol–water partition coefficient (Wildman–Crippen LogP) is 3.73. The molecule has 0 spiro atoms. The van der Waals surface area contributed by atoms with E-state index < -0.39 is 10.0 Å². The second kappa shape index (κ2) is 8.75. The molecular formula is C19H29N3O3S2. The van der Waals surface area contributed by atoms with Crippen molar-refractivity contribution in [1.82, 2.24) is 14.8 Å². The smallest absolute Gasteiger partial charge is 0.342 e. The number of aryl methyl sites for hydroxylation is 2. The summed E-state index contributed by atoms with van der Waals surface area (Å²) in [5, 5.41) is 5.41. The van der Waals surface area contributed by atoms with Gasteiger partial charge in [0, 0.05) is 16.8 Å². The Balaban J connectivity index is 1.79. The van der Waals surface area contributed by atoms with Crippen LogP contribution in [0.15, 0.2) is 6.20 Å².